The molecule has 1 amide bonds. The van der Waals surface area contributed by atoms with E-state index in [1.54, 1.807) is 0 Å². The summed E-state index contributed by atoms with van der Waals surface area (Å²) in [7, 11) is 0. The zero-order valence-corrected chi connectivity index (χ0v) is 12.8. The summed E-state index contributed by atoms with van der Waals surface area (Å²) in [4.78, 5) is 16.2. The van der Waals surface area contributed by atoms with Gasteiger partial charge in [0.1, 0.15) is 5.82 Å². The lowest BCUT2D eigenvalue weighted by molar-refractivity contribution is -0.117. The number of carbonyl (C=O) groups excluding carboxylic acids is 1. The molecule has 1 aromatic heterocycles. The van der Waals surface area contributed by atoms with Crippen molar-refractivity contribution in [2.45, 2.75) is 26.2 Å². The summed E-state index contributed by atoms with van der Waals surface area (Å²) < 4.78 is 0.963. The van der Waals surface area contributed by atoms with Gasteiger partial charge in [-0.05, 0) is 65.3 Å². The van der Waals surface area contributed by atoms with Crippen molar-refractivity contribution in [1.82, 2.24) is 4.98 Å². The number of thioether (sulfide) groups is 1. The van der Waals surface area contributed by atoms with Gasteiger partial charge in [-0.25, -0.2) is 4.98 Å². The van der Waals surface area contributed by atoms with E-state index in [0.717, 1.165) is 23.0 Å². The summed E-state index contributed by atoms with van der Waals surface area (Å²) in [6, 6.07) is 3.74. The minimum absolute atomic E-state index is 0.0844. The number of halogens is 1. The van der Waals surface area contributed by atoms with E-state index in [4.69, 9.17) is 0 Å². The van der Waals surface area contributed by atoms with Crippen LogP contribution in [0.4, 0.5) is 5.82 Å². The highest BCUT2D eigenvalue weighted by Gasteiger charge is 2.17. The molecule has 18 heavy (non-hydrogen) atoms. The molecule has 1 aromatic rings. The number of amides is 1. The van der Waals surface area contributed by atoms with E-state index in [0.29, 0.717) is 18.2 Å². The Morgan fingerprint density at radius 2 is 2.22 bits per heavy atom. The normalized spacial score (nSPS) is 16.6. The first-order valence-electron chi connectivity index (χ1n) is 6.16. The highest BCUT2D eigenvalue weighted by molar-refractivity contribution is 9.10. The highest BCUT2D eigenvalue weighted by Crippen LogP contribution is 2.25. The van der Waals surface area contributed by atoms with Gasteiger partial charge in [-0.3, -0.25) is 4.79 Å². The van der Waals surface area contributed by atoms with E-state index in [1.807, 2.05) is 30.8 Å². The molecule has 1 N–H and O–H groups in total. The first-order chi connectivity index (χ1) is 8.65. The third kappa shape index (κ3) is 3.99. The van der Waals surface area contributed by atoms with Gasteiger partial charge in [0, 0.05) is 10.9 Å². The van der Waals surface area contributed by atoms with Crippen molar-refractivity contribution >= 4 is 39.4 Å². The monoisotopic (exact) mass is 328 g/mol. The second kappa shape index (κ2) is 6.57. The number of hydrogen-bond donors (Lipinski definition) is 1. The Morgan fingerprint density at radius 3 is 2.89 bits per heavy atom. The fraction of sp³-hybridized carbons (Fsp3) is 0.538. The number of aryl methyl sites for hydroxylation is 1. The van der Waals surface area contributed by atoms with Crippen LogP contribution in [0.2, 0.25) is 0 Å². The largest absolute Gasteiger partial charge is 0.311 e. The number of nitrogens with one attached hydrogen (secondary N) is 1. The first-order valence-corrected chi connectivity index (χ1v) is 8.10. The predicted molar refractivity (Wildman–Crippen MR) is 80.0 cm³/mol. The van der Waals surface area contributed by atoms with Gasteiger partial charge >= 0.3 is 0 Å². The summed E-state index contributed by atoms with van der Waals surface area (Å²) in [6.45, 7) is 1.91. The maximum absolute atomic E-state index is 11.9. The Balaban J connectivity index is 1.88. The first kappa shape index (κ1) is 13.9. The van der Waals surface area contributed by atoms with Crippen LogP contribution in [0.25, 0.3) is 0 Å². The second-order valence-corrected chi connectivity index (χ2v) is 6.65. The summed E-state index contributed by atoms with van der Waals surface area (Å²) in [6.07, 6.45) is 2.94. The van der Waals surface area contributed by atoms with Gasteiger partial charge in [0.15, 0.2) is 0 Å². The Labute approximate surface area is 120 Å². The molecular formula is C13H17BrN2OS. The van der Waals surface area contributed by atoms with Crippen molar-refractivity contribution in [3.63, 3.8) is 0 Å². The maximum atomic E-state index is 11.9. The van der Waals surface area contributed by atoms with Gasteiger partial charge in [-0.15, -0.1) is 0 Å². The van der Waals surface area contributed by atoms with E-state index < -0.39 is 0 Å². The summed E-state index contributed by atoms with van der Waals surface area (Å²) in [5.41, 5.74) is 0.891. The van der Waals surface area contributed by atoms with Crippen LogP contribution >= 0.6 is 27.7 Å². The van der Waals surface area contributed by atoms with Crippen LogP contribution in [0.3, 0.4) is 0 Å². The number of hydrogen-bond acceptors (Lipinski definition) is 3. The Hall–Kier alpha value is -0.550. The minimum Gasteiger partial charge on any atom is -0.311 e. The number of pyridine rings is 1. The third-order valence-corrected chi connectivity index (χ3v) is 4.99. The average Bonchev–Trinajstić information content (AvgIpc) is 2.35. The standard InChI is InChI=1S/C13H17BrN2OS/c1-9-11(14)2-3-12(15-9)16-13(17)8-10-4-6-18-7-5-10/h2-3,10H,4-8H2,1H3,(H,15,16,17). The molecule has 0 bridgehead atoms. The van der Waals surface area contributed by atoms with Gasteiger partial charge in [-0.2, -0.15) is 11.8 Å². The molecule has 1 saturated heterocycles. The summed E-state index contributed by atoms with van der Waals surface area (Å²) >= 11 is 5.38. The van der Waals surface area contributed by atoms with Crippen molar-refractivity contribution in [1.29, 1.82) is 0 Å². The van der Waals surface area contributed by atoms with E-state index in [1.165, 1.54) is 11.5 Å². The fourth-order valence-electron chi connectivity index (χ4n) is 2.02. The van der Waals surface area contributed by atoms with Crippen LogP contribution in [0.5, 0.6) is 0 Å². The smallest absolute Gasteiger partial charge is 0.225 e. The van der Waals surface area contributed by atoms with Crippen LogP contribution in [-0.4, -0.2) is 22.4 Å². The molecule has 2 heterocycles. The zero-order valence-electron chi connectivity index (χ0n) is 10.4. The molecule has 0 radical (unpaired) electrons. The molecular weight excluding hydrogens is 312 g/mol. The van der Waals surface area contributed by atoms with Crippen LogP contribution in [-0.2, 0) is 4.79 Å². The van der Waals surface area contributed by atoms with E-state index in [-0.39, 0.29) is 5.91 Å². The van der Waals surface area contributed by atoms with Crippen LogP contribution in [0.15, 0.2) is 16.6 Å². The van der Waals surface area contributed by atoms with E-state index >= 15 is 0 Å². The van der Waals surface area contributed by atoms with Gasteiger partial charge in [0.25, 0.3) is 0 Å². The lowest BCUT2D eigenvalue weighted by Crippen LogP contribution is -2.20. The Morgan fingerprint density at radius 1 is 1.50 bits per heavy atom. The van der Waals surface area contributed by atoms with E-state index in [2.05, 4.69) is 26.2 Å². The number of carbonyl (C=O) groups is 1. The lowest BCUT2D eigenvalue weighted by atomic mass is 9.98. The maximum Gasteiger partial charge on any atom is 0.225 e. The molecule has 1 aliphatic heterocycles. The van der Waals surface area contributed by atoms with Crippen molar-refractivity contribution in [2.75, 3.05) is 16.8 Å². The van der Waals surface area contributed by atoms with E-state index in [9.17, 15) is 4.79 Å². The van der Waals surface area contributed by atoms with Crippen molar-refractivity contribution < 1.29 is 4.79 Å². The molecule has 0 atom stereocenters. The summed E-state index contributed by atoms with van der Waals surface area (Å²) in [5.74, 6) is 3.65. The minimum atomic E-state index is 0.0844. The topological polar surface area (TPSA) is 42.0 Å². The van der Waals surface area contributed by atoms with Gasteiger partial charge < -0.3 is 5.32 Å². The highest BCUT2D eigenvalue weighted by atomic mass is 79.9. The second-order valence-electron chi connectivity index (χ2n) is 4.57. The quantitative estimate of drug-likeness (QED) is 0.921. The predicted octanol–water partition coefficient (Wildman–Crippen LogP) is 3.62. The number of rotatable bonds is 3. The molecule has 0 saturated carbocycles. The number of nitrogens with zero attached hydrogens (tertiary/aromatic N) is 1. The molecule has 1 fully saturated rings. The molecule has 3 nitrogen and oxygen atoms in total. The molecule has 0 unspecified atom stereocenters. The van der Waals surface area contributed by atoms with Crippen molar-refractivity contribution in [2.24, 2.45) is 5.92 Å². The molecule has 2 rings (SSSR count). The van der Waals surface area contributed by atoms with Gasteiger partial charge in [-0.1, -0.05) is 0 Å². The summed E-state index contributed by atoms with van der Waals surface area (Å²) in [5, 5.41) is 2.88. The molecule has 98 valence electrons. The zero-order chi connectivity index (χ0) is 13.0. The molecule has 0 spiro atoms. The molecule has 1 aliphatic rings. The number of anilines is 1. The van der Waals surface area contributed by atoms with Gasteiger partial charge in [0.2, 0.25) is 5.91 Å². The Kier molecular flexibility index (Phi) is 5.06. The lowest BCUT2D eigenvalue weighted by Gasteiger charge is -2.20. The fourth-order valence-corrected chi connectivity index (χ4v) is 3.45. The van der Waals surface area contributed by atoms with Crippen LogP contribution < -0.4 is 5.32 Å². The van der Waals surface area contributed by atoms with Crippen molar-refractivity contribution in [3.05, 3.63) is 22.3 Å². The van der Waals surface area contributed by atoms with Crippen LogP contribution in [0, 0.1) is 12.8 Å². The molecule has 5 heteroatoms. The van der Waals surface area contributed by atoms with Crippen molar-refractivity contribution in [3.8, 4) is 0 Å². The van der Waals surface area contributed by atoms with Gasteiger partial charge in [0.05, 0.1) is 5.69 Å². The Bertz CT molecular complexity index is 433. The third-order valence-electron chi connectivity index (χ3n) is 3.10. The SMILES string of the molecule is Cc1nc(NC(=O)CC2CCSCC2)ccc1Br. The molecule has 0 aromatic carbocycles. The number of aromatic nitrogens is 1. The average molecular weight is 329 g/mol. The van der Waals surface area contributed by atoms with Crippen LogP contribution in [0.1, 0.15) is 25.0 Å². The molecule has 0 aliphatic carbocycles.